The smallest absolute Gasteiger partial charge is 0.307 e. The lowest BCUT2D eigenvalue weighted by Gasteiger charge is -2.21. The highest BCUT2D eigenvalue weighted by atomic mass is 16.6. The molecule has 0 saturated heterocycles. The van der Waals surface area contributed by atoms with Gasteiger partial charge in [-0.05, 0) is 11.5 Å². The van der Waals surface area contributed by atoms with E-state index in [2.05, 4.69) is 24.3 Å². The van der Waals surface area contributed by atoms with Crippen molar-refractivity contribution >= 4 is 11.6 Å². The van der Waals surface area contributed by atoms with E-state index in [1.54, 1.807) is 0 Å². The summed E-state index contributed by atoms with van der Waals surface area (Å²) in [5.41, 5.74) is 1.06. The zero-order chi connectivity index (χ0) is 16.8. The summed E-state index contributed by atoms with van der Waals surface area (Å²) in [6.07, 6.45) is 2.38. The number of nitrogens with one attached hydrogen (secondary N) is 1. The predicted molar refractivity (Wildman–Crippen MR) is 85.9 cm³/mol. The van der Waals surface area contributed by atoms with E-state index in [1.165, 1.54) is 16.4 Å². The lowest BCUT2D eigenvalue weighted by molar-refractivity contribution is -0.385. The lowest BCUT2D eigenvalue weighted by Crippen LogP contribution is -2.33. The molecule has 0 radical (unpaired) electrons. The van der Waals surface area contributed by atoms with Gasteiger partial charge in [0.25, 0.3) is 0 Å². The van der Waals surface area contributed by atoms with Gasteiger partial charge in [0.2, 0.25) is 5.91 Å². The maximum atomic E-state index is 12.0. The second kappa shape index (κ2) is 7.53. The fourth-order valence-electron chi connectivity index (χ4n) is 2.40. The zero-order valence-corrected chi connectivity index (χ0v) is 13.2. The molecule has 0 fully saturated rings. The SMILES string of the molecule is CC(C)[C@@H](CNC(=O)Cn1cc([N+](=O)[O-])cn1)c1ccccc1. The highest BCUT2D eigenvalue weighted by molar-refractivity contribution is 5.75. The van der Waals surface area contributed by atoms with Gasteiger partial charge < -0.3 is 5.32 Å². The number of hydrogen-bond donors (Lipinski definition) is 1. The van der Waals surface area contributed by atoms with Crippen LogP contribution < -0.4 is 5.32 Å². The van der Waals surface area contributed by atoms with Crippen LogP contribution in [0.3, 0.4) is 0 Å². The average Bonchev–Trinajstić information content (AvgIpc) is 2.97. The van der Waals surface area contributed by atoms with Crippen molar-refractivity contribution < 1.29 is 9.72 Å². The van der Waals surface area contributed by atoms with Gasteiger partial charge in [-0.1, -0.05) is 44.2 Å². The Labute approximate surface area is 134 Å². The van der Waals surface area contributed by atoms with Gasteiger partial charge in [0.05, 0.1) is 4.92 Å². The van der Waals surface area contributed by atoms with Crippen LogP contribution in [0, 0.1) is 16.0 Å². The highest BCUT2D eigenvalue weighted by Crippen LogP contribution is 2.23. The number of hydrogen-bond acceptors (Lipinski definition) is 4. The Kier molecular flexibility index (Phi) is 5.46. The van der Waals surface area contributed by atoms with Gasteiger partial charge in [-0.15, -0.1) is 0 Å². The summed E-state index contributed by atoms with van der Waals surface area (Å²) in [5.74, 6) is 0.375. The molecule has 122 valence electrons. The predicted octanol–water partition coefficient (Wildman–Crippen LogP) is 2.35. The van der Waals surface area contributed by atoms with Crippen molar-refractivity contribution in [2.75, 3.05) is 6.54 Å². The van der Waals surface area contributed by atoms with Crippen LogP contribution in [0.15, 0.2) is 42.7 Å². The quantitative estimate of drug-likeness (QED) is 0.627. The molecule has 1 aromatic heterocycles. The maximum absolute atomic E-state index is 12.0. The summed E-state index contributed by atoms with van der Waals surface area (Å²) >= 11 is 0. The summed E-state index contributed by atoms with van der Waals surface area (Å²) in [7, 11) is 0. The van der Waals surface area contributed by atoms with Crippen molar-refractivity contribution in [2.24, 2.45) is 5.92 Å². The topological polar surface area (TPSA) is 90.1 Å². The van der Waals surface area contributed by atoms with Crippen molar-refractivity contribution in [2.45, 2.75) is 26.3 Å². The minimum atomic E-state index is -0.536. The third-order valence-corrected chi connectivity index (χ3v) is 3.69. The van der Waals surface area contributed by atoms with Crippen molar-refractivity contribution in [1.29, 1.82) is 0 Å². The number of aromatic nitrogens is 2. The van der Waals surface area contributed by atoms with E-state index in [9.17, 15) is 14.9 Å². The Morgan fingerprint density at radius 3 is 2.61 bits per heavy atom. The molecule has 1 amide bonds. The van der Waals surface area contributed by atoms with Crippen LogP contribution in [-0.2, 0) is 11.3 Å². The molecule has 23 heavy (non-hydrogen) atoms. The highest BCUT2D eigenvalue weighted by Gasteiger charge is 2.17. The number of carbonyl (C=O) groups is 1. The molecule has 1 N–H and O–H groups in total. The third kappa shape index (κ3) is 4.64. The average molecular weight is 316 g/mol. The number of benzene rings is 1. The molecule has 1 atom stereocenters. The van der Waals surface area contributed by atoms with Crippen LogP contribution in [0.2, 0.25) is 0 Å². The van der Waals surface area contributed by atoms with Crippen molar-refractivity contribution in [1.82, 2.24) is 15.1 Å². The van der Waals surface area contributed by atoms with Crippen molar-refractivity contribution in [3.05, 3.63) is 58.4 Å². The minimum Gasteiger partial charge on any atom is -0.354 e. The van der Waals surface area contributed by atoms with Crippen LogP contribution in [0.5, 0.6) is 0 Å². The largest absolute Gasteiger partial charge is 0.354 e. The molecule has 0 bridgehead atoms. The summed E-state index contributed by atoms with van der Waals surface area (Å²) in [6, 6.07) is 10.0. The van der Waals surface area contributed by atoms with E-state index in [-0.39, 0.29) is 24.1 Å². The normalized spacial score (nSPS) is 12.1. The second-order valence-electron chi connectivity index (χ2n) is 5.72. The fraction of sp³-hybridized carbons (Fsp3) is 0.375. The molecule has 0 aliphatic rings. The first-order valence-electron chi connectivity index (χ1n) is 7.46. The molecule has 2 rings (SSSR count). The van der Waals surface area contributed by atoms with Crippen LogP contribution in [-0.4, -0.2) is 27.2 Å². The first-order valence-corrected chi connectivity index (χ1v) is 7.46. The van der Waals surface area contributed by atoms with Gasteiger partial charge in [0.15, 0.2) is 0 Å². The third-order valence-electron chi connectivity index (χ3n) is 3.69. The van der Waals surface area contributed by atoms with Crippen molar-refractivity contribution in [3.8, 4) is 0 Å². The van der Waals surface area contributed by atoms with Crippen LogP contribution in [0.25, 0.3) is 0 Å². The molecule has 7 heteroatoms. The summed E-state index contributed by atoms with van der Waals surface area (Å²) in [5, 5.41) is 17.3. The van der Waals surface area contributed by atoms with E-state index >= 15 is 0 Å². The Bertz CT molecular complexity index is 667. The van der Waals surface area contributed by atoms with E-state index in [0.29, 0.717) is 12.5 Å². The lowest BCUT2D eigenvalue weighted by atomic mass is 9.88. The van der Waals surface area contributed by atoms with Gasteiger partial charge in [-0.3, -0.25) is 19.6 Å². The molecular formula is C16H20N4O3. The minimum absolute atomic E-state index is 0.0343. The van der Waals surface area contributed by atoms with Crippen molar-refractivity contribution in [3.63, 3.8) is 0 Å². The first-order chi connectivity index (χ1) is 11.0. The number of carbonyl (C=O) groups excluding carboxylic acids is 1. The molecule has 0 spiro atoms. The van der Waals surface area contributed by atoms with Crippen LogP contribution in [0.4, 0.5) is 5.69 Å². The van der Waals surface area contributed by atoms with Gasteiger partial charge in [0.1, 0.15) is 18.9 Å². The Hall–Kier alpha value is -2.70. The molecular weight excluding hydrogens is 296 g/mol. The van der Waals surface area contributed by atoms with E-state index in [0.717, 1.165) is 6.20 Å². The monoisotopic (exact) mass is 316 g/mol. The molecule has 0 unspecified atom stereocenters. The standard InChI is InChI=1S/C16H20N4O3/c1-12(2)15(13-6-4-3-5-7-13)9-17-16(21)11-19-10-14(8-18-19)20(22)23/h3-8,10,12,15H,9,11H2,1-2H3,(H,17,21)/t15-/m1/s1. The number of nitro groups is 1. The summed E-state index contributed by atoms with van der Waals surface area (Å²) in [6.45, 7) is 4.71. The summed E-state index contributed by atoms with van der Waals surface area (Å²) in [4.78, 5) is 22.1. The Morgan fingerprint density at radius 1 is 1.35 bits per heavy atom. The molecule has 0 aliphatic heterocycles. The van der Waals surface area contributed by atoms with E-state index in [1.807, 2.05) is 30.3 Å². The van der Waals surface area contributed by atoms with Gasteiger partial charge in [-0.25, -0.2) is 0 Å². The fourth-order valence-corrected chi connectivity index (χ4v) is 2.40. The van der Waals surface area contributed by atoms with Gasteiger partial charge in [-0.2, -0.15) is 5.10 Å². The van der Waals surface area contributed by atoms with Gasteiger partial charge >= 0.3 is 5.69 Å². The molecule has 1 aromatic carbocycles. The molecule has 7 nitrogen and oxygen atoms in total. The second-order valence-corrected chi connectivity index (χ2v) is 5.72. The Balaban J connectivity index is 1.92. The molecule has 1 heterocycles. The maximum Gasteiger partial charge on any atom is 0.307 e. The number of rotatable bonds is 7. The first kappa shape index (κ1) is 16.7. The van der Waals surface area contributed by atoms with Crippen LogP contribution >= 0.6 is 0 Å². The number of nitrogens with zero attached hydrogens (tertiary/aromatic N) is 3. The number of amides is 1. The van der Waals surface area contributed by atoms with Gasteiger partial charge in [0, 0.05) is 12.5 Å². The van der Waals surface area contributed by atoms with E-state index in [4.69, 9.17) is 0 Å². The Morgan fingerprint density at radius 2 is 2.04 bits per heavy atom. The van der Waals surface area contributed by atoms with E-state index < -0.39 is 4.92 Å². The molecule has 0 aliphatic carbocycles. The van der Waals surface area contributed by atoms with Crippen LogP contribution in [0.1, 0.15) is 25.3 Å². The zero-order valence-electron chi connectivity index (χ0n) is 13.2. The molecule has 2 aromatic rings. The molecule has 0 saturated carbocycles. The summed E-state index contributed by atoms with van der Waals surface area (Å²) < 4.78 is 1.26.